The number of anilines is 2. The zero-order chi connectivity index (χ0) is 22.7. The van der Waals surface area contributed by atoms with Crippen LogP contribution in [0, 0.1) is 12.7 Å². The number of aromatic amines is 1. The summed E-state index contributed by atoms with van der Waals surface area (Å²) in [6.07, 6.45) is 5.65. The van der Waals surface area contributed by atoms with Gasteiger partial charge in [-0.05, 0) is 48.4 Å². The lowest BCUT2D eigenvalue weighted by Crippen LogP contribution is -2.25. The van der Waals surface area contributed by atoms with Crippen LogP contribution in [-0.4, -0.2) is 14.5 Å². The molecule has 1 aliphatic heterocycles. The van der Waals surface area contributed by atoms with Crippen molar-refractivity contribution in [3.63, 3.8) is 0 Å². The van der Waals surface area contributed by atoms with Crippen LogP contribution in [0.15, 0.2) is 84.0 Å². The zero-order valence-corrected chi connectivity index (χ0v) is 18.2. The first-order chi connectivity index (χ1) is 16.0. The first kappa shape index (κ1) is 19.5. The van der Waals surface area contributed by atoms with E-state index >= 15 is 0 Å². The van der Waals surface area contributed by atoms with E-state index in [-0.39, 0.29) is 17.4 Å². The van der Waals surface area contributed by atoms with Crippen LogP contribution in [-0.2, 0) is 7.05 Å². The minimum absolute atomic E-state index is 0.0794. The summed E-state index contributed by atoms with van der Waals surface area (Å²) in [5.74, 6) is 0.467. The third-order valence-electron chi connectivity index (χ3n) is 6.33. The minimum Gasteiger partial charge on any atom is -0.356 e. The number of nitrogens with zero attached hydrogens (tertiary/aromatic N) is 3. The highest BCUT2D eigenvalue weighted by Gasteiger charge is 2.34. The van der Waals surface area contributed by atoms with Crippen molar-refractivity contribution in [1.29, 1.82) is 0 Å². The fraction of sp³-hybridized carbons (Fsp3) is 0.111. The van der Waals surface area contributed by atoms with Gasteiger partial charge in [0.25, 0.3) is 5.56 Å². The van der Waals surface area contributed by atoms with E-state index in [4.69, 9.17) is 4.98 Å². The van der Waals surface area contributed by atoms with E-state index < -0.39 is 0 Å². The number of pyridine rings is 2. The van der Waals surface area contributed by atoms with Gasteiger partial charge >= 0.3 is 0 Å². The first-order valence-corrected chi connectivity index (χ1v) is 10.8. The zero-order valence-electron chi connectivity index (χ0n) is 18.2. The lowest BCUT2D eigenvalue weighted by molar-refractivity contribution is 0.627. The summed E-state index contributed by atoms with van der Waals surface area (Å²) in [7, 11) is 1.76. The molecule has 2 aromatic carbocycles. The molecule has 1 aliphatic rings. The number of aromatic nitrogens is 3. The molecular weight excluding hydrogens is 415 g/mol. The number of hydrogen-bond donors (Lipinski definition) is 1. The van der Waals surface area contributed by atoms with Crippen molar-refractivity contribution < 1.29 is 4.39 Å². The Hall–Kier alpha value is -4.19. The summed E-state index contributed by atoms with van der Waals surface area (Å²) in [5, 5.41) is 0.894. The van der Waals surface area contributed by atoms with E-state index in [1.165, 1.54) is 12.1 Å². The summed E-state index contributed by atoms with van der Waals surface area (Å²) in [4.78, 5) is 23.3. The summed E-state index contributed by atoms with van der Waals surface area (Å²) in [5.41, 5.74) is 6.22. The highest BCUT2D eigenvalue weighted by atomic mass is 19.1. The van der Waals surface area contributed by atoms with Crippen molar-refractivity contribution in [3.8, 4) is 11.1 Å². The summed E-state index contributed by atoms with van der Waals surface area (Å²) in [6.45, 7) is 2.01. The number of aryl methyl sites for hydroxylation is 2. The van der Waals surface area contributed by atoms with Gasteiger partial charge in [0, 0.05) is 53.4 Å². The van der Waals surface area contributed by atoms with Gasteiger partial charge in [-0.25, -0.2) is 9.37 Å². The fourth-order valence-corrected chi connectivity index (χ4v) is 4.86. The third kappa shape index (κ3) is 2.91. The average Bonchev–Trinajstić information content (AvgIpc) is 3.22. The van der Waals surface area contributed by atoms with Crippen LogP contribution in [0.25, 0.3) is 22.0 Å². The van der Waals surface area contributed by atoms with Crippen LogP contribution >= 0.6 is 0 Å². The number of H-pyrrole nitrogens is 1. The molecule has 5 aromatic rings. The molecule has 0 bridgehead atoms. The molecule has 4 heterocycles. The molecule has 1 unspecified atom stereocenters. The van der Waals surface area contributed by atoms with Gasteiger partial charge in [-0.3, -0.25) is 4.79 Å². The molecule has 0 fully saturated rings. The van der Waals surface area contributed by atoms with E-state index in [0.29, 0.717) is 5.52 Å². The summed E-state index contributed by atoms with van der Waals surface area (Å²) < 4.78 is 15.5. The predicted octanol–water partition coefficient (Wildman–Crippen LogP) is 5.62. The molecule has 0 radical (unpaired) electrons. The molecule has 6 heteroatoms. The maximum Gasteiger partial charge on any atom is 0.274 e. The van der Waals surface area contributed by atoms with Crippen LogP contribution < -0.4 is 10.5 Å². The quantitative estimate of drug-likeness (QED) is 0.391. The highest BCUT2D eigenvalue weighted by Crippen LogP contribution is 2.49. The first-order valence-electron chi connectivity index (χ1n) is 10.8. The maximum atomic E-state index is 13.9. The number of fused-ring (bicyclic) bond motifs is 2. The molecule has 0 spiro atoms. The Labute approximate surface area is 189 Å². The molecule has 0 saturated carbocycles. The Kier molecular flexibility index (Phi) is 4.23. The second-order valence-corrected chi connectivity index (χ2v) is 8.50. The van der Waals surface area contributed by atoms with Crippen molar-refractivity contribution in [2.24, 2.45) is 7.05 Å². The molecule has 1 N–H and O–H groups in total. The summed E-state index contributed by atoms with van der Waals surface area (Å²) in [6, 6.07) is 18.4. The Morgan fingerprint density at radius 1 is 1.03 bits per heavy atom. The molecule has 3 aromatic heterocycles. The van der Waals surface area contributed by atoms with E-state index in [2.05, 4.69) is 28.1 Å². The minimum atomic E-state index is -0.294. The predicted molar refractivity (Wildman–Crippen MR) is 128 cm³/mol. The largest absolute Gasteiger partial charge is 0.356 e. The van der Waals surface area contributed by atoms with Crippen molar-refractivity contribution in [3.05, 3.63) is 112 Å². The van der Waals surface area contributed by atoms with Crippen molar-refractivity contribution in [2.75, 3.05) is 4.90 Å². The SMILES string of the molecule is Cc1cnc2c(c1)-c1cn(C)c(=O)c3[nH]cc(c13)C(c1ccccc1)N2c1ccc(F)cc1. The average molecular weight is 436 g/mol. The van der Waals surface area contributed by atoms with Gasteiger partial charge in [-0.15, -0.1) is 0 Å². The molecule has 162 valence electrons. The van der Waals surface area contributed by atoms with Gasteiger partial charge in [-0.1, -0.05) is 30.3 Å². The molecule has 5 nitrogen and oxygen atoms in total. The van der Waals surface area contributed by atoms with Crippen LogP contribution in [0.2, 0.25) is 0 Å². The van der Waals surface area contributed by atoms with Crippen molar-refractivity contribution >= 4 is 22.4 Å². The molecule has 6 rings (SSSR count). The highest BCUT2D eigenvalue weighted by molar-refractivity contribution is 6.02. The smallest absolute Gasteiger partial charge is 0.274 e. The number of benzene rings is 2. The molecule has 0 aliphatic carbocycles. The second-order valence-electron chi connectivity index (χ2n) is 8.50. The fourth-order valence-electron chi connectivity index (χ4n) is 4.86. The van der Waals surface area contributed by atoms with E-state index in [9.17, 15) is 9.18 Å². The molecule has 0 amide bonds. The van der Waals surface area contributed by atoms with E-state index in [0.717, 1.165) is 44.7 Å². The molecule has 1 atom stereocenters. The number of halogens is 1. The number of nitrogens with one attached hydrogen (secondary N) is 1. The Balaban J connectivity index is 1.79. The Bertz CT molecular complexity index is 1570. The van der Waals surface area contributed by atoms with Gasteiger partial charge < -0.3 is 14.5 Å². The number of rotatable bonds is 2. The monoisotopic (exact) mass is 436 g/mol. The van der Waals surface area contributed by atoms with Crippen LogP contribution in [0.4, 0.5) is 15.9 Å². The van der Waals surface area contributed by atoms with E-state index in [1.54, 1.807) is 23.7 Å². The lowest BCUT2D eigenvalue weighted by Gasteiger charge is -2.33. The number of hydrogen-bond acceptors (Lipinski definition) is 3. The van der Waals surface area contributed by atoms with Crippen LogP contribution in [0.5, 0.6) is 0 Å². The Morgan fingerprint density at radius 2 is 1.79 bits per heavy atom. The van der Waals surface area contributed by atoms with Gasteiger partial charge in [0.1, 0.15) is 17.2 Å². The van der Waals surface area contributed by atoms with Crippen molar-refractivity contribution in [1.82, 2.24) is 14.5 Å². The molecule has 33 heavy (non-hydrogen) atoms. The third-order valence-corrected chi connectivity index (χ3v) is 6.33. The van der Waals surface area contributed by atoms with Gasteiger partial charge in [0.05, 0.1) is 6.04 Å². The topological polar surface area (TPSA) is 53.9 Å². The van der Waals surface area contributed by atoms with Crippen LogP contribution in [0.1, 0.15) is 22.7 Å². The molecule has 0 saturated heterocycles. The van der Waals surface area contributed by atoms with E-state index in [1.807, 2.05) is 43.7 Å². The maximum absolute atomic E-state index is 13.9. The molecular formula is C27H21FN4O. The lowest BCUT2D eigenvalue weighted by atomic mass is 9.95. The van der Waals surface area contributed by atoms with Crippen LogP contribution in [0.3, 0.4) is 0 Å². The second kappa shape index (κ2) is 7.17. The summed E-state index contributed by atoms with van der Waals surface area (Å²) >= 11 is 0. The Morgan fingerprint density at radius 3 is 2.55 bits per heavy atom. The standard InChI is InChI=1S/C27H21FN4O/c1-16-12-20-22-15-31(2)27(33)24-23(22)21(14-29-24)25(17-6-4-3-5-7-17)32(26(20)30-13-16)19-10-8-18(28)9-11-19/h3-15,25,29H,1-2H3. The normalized spacial score (nSPS) is 14.9. The van der Waals surface area contributed by atoms with Gasteiger partial charge in [-0.2, -0.15) is 0 Å². The van der Waals surface area contributed by atoms with Gasteiger partial charge in [0.15, 0.2) is 0 Å². The van der Waals surface area contributed by atoms with Crippen molar-refractivity contribution in [2.45, 2.75) is 13.0 Å². The van der Waals surface area contributed by atoms with Gasteiger partial charge in [0.2, 0.25) is 0 Å².